The van der Waals surface area contributed by atoms with Gasteiger partial charge < -0.3 is 9.73 Å². The number of para-hydroxylation sites is 1. The standard InChI is InChI=1S/C19H14ClN3O/c20-14-6-3-5-13(11-14)18-22-17-9-2-1-8-16(17)19(23-18)21-12-15-7-4-10-24-15/h1-11H,12H2,(H,21,22,23). The molecular formula is C19H14ClN3O. The van der Waals surface area contributed by atoms with Crippen LogP contribution in [-0.2, 0) is 6.54 Å². The summed E-state index contributed by atoms with van der Waals surface area (Å²) in [4.78, 5) is 9.35. The molecule has 1 N–H and O–H groups in total. The lowest BCUT2D eigenvalue weighted by atomic mass is 10.2. The van der Waals surface area contributed by atoms with Crippen LogP contribution in [0.3, 0.4) is 0 Å². The molecule has 0 atom stereocenters. The summed E-state index contributed by atoms with van der Waals surface area (Å²) < 4.78 is 5.37. The molecule has 0 saturated carbocycles. The Morgan fingerprint density at radius 1 is 0.958 bits per heavy atom. The van der Waals surface area contributed by atoms with Crippen LogP contribution in [0.4, 0.5) is 5.82 Å². The number of furan rings is 1. The zero-order valence-electron chi connectivity index (χ0n) is 12.7. The van der Waals surface area contributed by atoms with Crippen molar-refractivity contribution in [1.29, 1.82) is 0 Å². The number of hydrogen-bond acceptors (Lipinski definition) is 4. The number of nitrogens with one attached hydrogen (secondary N) is 1. The third kappa shape index (κ3) is 2.96. The van der Waals surface area contributed by atoms with Crippen LogP contribution in [-0.4, -0.2) is 9.97 Å². The van der Waals surface area contributed by atoms with E-state index in [1.807, 2.05) is 60.7 Å². The molecule has 4 nitrogen and oxygen atoms in total. The van der Waals surface area contributed by atoms with Gasteiger partial charge in [0.2, 0.25) is 0 Å². The van der Waals surface area contributed by atoms with Gasteiger partial charge in [-0.05, 0) is 36.4 Å². The first-order chi connectivity index (χ1) is 11.8. The Bertz CT molecular complexity index is 983. The van der Waals surface area contributed by atoms with E-state index < -0.39 is 0 Å². The van der Waals surface area contributed by atoms with Crippen LogP contribution >= 0.6 is 11.6 Å². The molecule has 0 radical (unpaired) electrons. The minimum absolute atomic E-state index is 0.559. The van der Waals surface area contributed by atoms with E-state index in [0.29, 0.717) is 17.4 Å². The molecule has 0 saturated heterocycles. The summed E-state index contributed by atoms with van der Waals surface area (Å²) in [5, 5.41) is 4.97. The van der Waals surface area contributed by atoms with E-state index in [9.17, 15) is 0 Å². The molecule has 4 rings (SSSR count). The molecule has 0 unspecified atom stereocenters. The second kappa shape index (κ2) is 6.34. The first kappa shape index (κ1) is 14.7. The number of aromatic nitrogens is 2. The maximum absolute atomic E-state index is 6.10. The van der Waals surface area contributed by atoms with E-state index in [-0.39, 0.29) is 0 Å². The van der Waals surface area contributed by atoms with E-state index in [4.69, 9.17) is 16.0 Å². The van der Waals surface area contributed by atoms with Gasteiger partial charge in [-0.3, -0.25) is 0 Å². The minimum atomic E-state index is 0.559. The van der Waals surface area contributed by atoms with Gasteiger partial charge in [0.05, 0.1) is 18.3 Å². The van der Waals surface area contributed by atoms with Crippen molar-refractivity contribution < 1.29 is 4.42 Å². The summed E-state index contributed by atoms with van der Waals surface area (Å²) >= 11 is 6.10. The predicted octanol–water partition coefficient (Wildman–Crippen LogP) is 5.16. The van der Waals surface area contributed by atoms with Gasteiger partial charge >= 0.3 is 0 Å². The second-order valence-corrected chi connectivity index (χ2v) is 5.79. The summed E-state index contributed by atoms with van der Waals surface area (Å²) in [7, 11) is 0. The smallest absolute Gasteiger partial charge is 0.162 e. The SMILES string of the molecule is Clc1cccc(-c2nc(NCc3ccco3)c3ccccc3n2)c1. The fourth-order valence-electron chi connectivity index (χ4n) is 2.55. The van der Waals surface area contributed by atoms with Gasteiger partial charge in [0.25, 0.3) is 0 Å². The highest BCUT2D eigenvalue weighted by atomic mass is 35.5. The van der Waals surface area contributed by atoms with Crippen LogP contribution in [0.25, 0.3) is 22.3 Å². The van der Waals surface area contributed by atoms with E-state index in [1.54, 1.807) is 6.26 Å². The Kier molecular flexibility index (Phi) is 3.89. The van der Waals surface area contributed by atoms with Gasteiger partial charge in [-0.25, -0.2) is 9.97 Å². The maximum atomic E-state index is 6.10. The summed E-state index contributed by atoms with van der Waals surface area (Å²) in [6.07, 6.45) is 1.66. The average Bonchev–Trinajstić information content (AvgIpc) is 3.13. The van der Waals surface area contributed by atoms with Crippen molar-refractivity contribution in [2.45, 2.75) is 6.54 Å². The Morgan fingerprint density at radius 3 is 2.71 bits per heavy atom. The zero-order chi connectivity index (χ0) is 16.4. The molecule has 2 heterocycles. The fraction of sp³-hybridized carbons (Fsp3) is 0.0526. The lowest BCUT2D eigenvalue weighted by molar-refractivity contribution is 0.518. The molecule has 24 heavy (non-hydrogen) atoms. The third-order valence-electron chi connectivity index (χ3n) is 3.70. The summed E-state index contributed by atoms with van der Waals surface area (Å²) in [5.74, 6) is 2.26. The molecule has 2 aromatic carbocycles. The lowest BCUT2D eigenvalue weighted by Crippen LogP contribution is -2.03. The molecule has 0 aliphatic rings. The number of benzene rings is 2. The summed E-state index contributed by atoms with van der Waals surface area (Å²) in [5.41, 5.74) is 1.76. The Labute approximate surface area is 144 Å². The second-order valence-electron chi connectivity index (χ2n) is 5.36. The average molecular weight is 336 g/mol. The van der Waals surface area contributed by atoms with Crippen molar-refractivity contribution in [3.8, 4) is 11.4 Å². The van der Waals surface area contributed by atoms with Crippen LogP contribution < -0.4 is 5.32 Å². The van der Waals surface area contributed by atoms with E-state index >= 15 is 0 Å². The van der Waals surface area contributed by atoms with Crippen LogP contribution in [0.2, 0.25) is 5.02 Å². The molecular weight excluding hydrogens is 322 g/mol. The normalized spacial score (nSPS) is 10.9. The van der Waals surface area contributed by atoms with Crippen molar-refractivity contribution in [2.75, 3.05) is 5.32 Å². The Balaban J connectivity index is 1.78. The number of halogens is 1. The van der Waals surface area contributed by atoms with Crippen LogP contribution in [0.15, 0.2) is 71.3 Å². The van der Waals surface area contributed by atoms with E-state index in [1.165, 1.54) is 0 Å². The van der Waals surface area contributed by atoms with Gasteiger partial charge in [0, 0.05) is 16.0 Å². The molecule has 4 aromatic rings. The summed E-state index contributed by atoms with van der Waals surface area (Å²) in [6, 6.07) is 19.3. The van der Waals surface area contributed by atoms with Gasteiger partial charge in [-0.1, -0.05) is 35.9 Å². The first-order valence-corrected chi connectivity index (χ1v) is 7.96. The predicted molar refractivity (Wildman–Crippen MR) is 96.0 cm³/mol. The van der Waals surface area contributed by atoms with Gasteiger partial charge in [-0.2, -0.15) is 0 Å². The quantitative estimate of drug-likeness (QED) is 0.560. The van der Waals surface area contributed by atoms with Crippen LogP contribution in [0, 0.1) is 0 Å². The number of rotatable bonds is 4. The number of nitrogens with zero attached hydrogens (tertiary/aromatic N) is 2. The zero-order valence-corrected chi connectivity index (χ0v) is 13.5. The molecule has 0 bridgehead atoms. The van der Waals surface area contributed by atoms with Crippen LogP contribution in [0.5, 0.6) is 0 Å². The maximum Gasteiger partial charge on any atom is 0.162 e. The monoisotopic (exact) mass is 335 g/mol. The highest BCUT2D eigenvalue weighted by molar-refractivity contribution is 6.30. The molecule has 0 amide bonds. The lowest BCUT2D eigenvalue weighted by Gasteiger charge is -2.10. The molecule has 0 spiro atoms. The highest BCUT2D eigenvalue weighted by Crippen LogP contribution is 2.26. The van der Waals surface area contributed by atoms with E-state index in [0.717, 1.165) is 28.0 Å². The third-order valence-corrected chi connectivity index (χ3v) is 3.93. The van der Waals surface area contributed by atoms with Crippen molar-refractivity contribution in [2.24, 2.45) is 0 Å². The van der Waals surface area contributed by atoms with E-state index in [2.05, 4.69) is 15.3 Å². The van der Waals surface area contributed by atoms with Crippen LogP contribution in [0.1, 0.15) is 5.76 Å². The Hall–Kier alpha value is -2.85. The van der Waals surface area contributed by atoms with Gasteiger partial charge in [-0.15, -0.1) is 0 Å². The highest BCUT2D eigenvalue weighted by Gasteiger charge is 2.10. The topological polar surface area (TPSA) is 51.0 Å². The molecule has 2 aromatic heterocycles. The first-order valence-electron chi connectivity index (χ1n) is 7.58. The number of anilines is 1. The molecule has 0 aliphatic carbocycles. The molecule has 0 aliphatic heterocycles. The molecule has 5 heteroatoms. The van der Waals surface area contributed by atoms with Crippen molar-refractivity contribution in [1.82, 2.24) is 9.97 Å². The number of hydrogen-bond donors (Lipinski definition) is 1. The largest absolute Gasteiger partial charge is 0.467 e. The van der Waals surface area contributed by atoms with Crippen molar-refractivity contribution in [3.63, 3.8) is 0 Å². The van der Waals surface area contributed by atoms with Gasteiger partial charge in [0.15, 0.2) is 5.82 Å². The fourth-order valence-corrected chi connectivity index (χ4v) is 2.74. The molecule has 0 fully saturated rings. The summed E-state index contributed by atoms with van der Waals surface area (Å²) in [6.45, 7) is 0.559. The van der Waals surface area contributed by atoms with Gasteiger partial charge in [0.1, 0.15) is 11.6 Å². The Morgan fingerprint density at radius 2 is 1.88 bits per heavy atom. The molecule has 118 valence electrons. The van der Waals surface area contributed by atoms with Crippen molar-refractivity contribution >= 4 is 28.3 Å². The minimum Gasteiger partial charge on any atom is -0.467 e. The van der Waals surface area contributed by atoms with Crippen molar-refractivity contribution in [3.05, 3.63) is 77.7 Å². The number of fused-ring (bicyclic) bond motifs is 1.